The molecular formula is C28H27N3O4S2. The van der Waals surface area contributed by atoms with E-state index in [0.717, 1.165) is 32.8 Å². The molecule has 0 spiro atoms. The molecule has 2 aromatic carbocycles. The largest absolute Gasteiger partial charge is 0.503 e. The molecule has 0 saturated carbocycles. The zero-order valence-corrected chi connectivity index (χ0v) is 22.9. The van der Waals surface area contributed by atoms with Crippen molar-refractivity contribution in [3.8, 4) is 5.75 Å². The molecule has 1 aliphatic heterocycles. The maximum absolute atomic E-state index is 13.8. The number of thiazole rings is 2. The molecule has 7 nitrogen and oxygen atoms in total. The standard InChI is InChI=1S/C28H27N3O4S2/c1-6-11-35-19-9-7-18(8-10-19)23-21(24(32)26-16(4)29-17(5)36-26)25(33)27(34)31(23)28-30-22-15(3)12-14(2)13-20(22)37-28/h7-10,12-13,23,33H,6,11H2,1-5H3. The van der Waals surface area contributed by atoms with E-state index in [0.29, 0.717) is 33.6 Å². The Morgan fingerprint density at radius 2 is 1.81 bits per heavy atom. The molecule has 37 heavy (non-hydrogen) atoms. The Morgan fingerprint density at radius 1 is 1.08 bits per heavy atom. The lowest BCUT2D eigenvalue weighted by Crippen LogP contribution is -2.31. The van der Waals surface area contributed by atoms with Crippen LogP contribution in [0.3, 0.4) is 0 Å². The highest BCUT2D eigenvalue weighted by atomic mass is 32.1. The first-order valence-electron chi connectivity index (χ1n) is 12.1. The number of aromatic nitrogens is 2. The van der Waals surface area contributed by atoms with Gasteiger partial charge in [0, 0.05) is 0 Å². The Morgan fingerprint density at radius 3 is 2.46 bits per heavy atom. The Bertz CT molecular complexity index is 1570. The number of carbonyl (C=O) groups excluding carboxylic acids is 2. The average Bonchev–Trinajstić information content (AvgIpc) is 3.51. The van der Waals surface area contributed by atoms with Gasteiger partial charge in [0.15, 0.2) is 10.9 Å². The second kappa shape index (κ2) is 9.72. The van der Waals surface area contributed by atoms with E-state index in [2.05, 4.69) is 4.98 Å². The highest BCUT2D eigenvalue weighted by molar-refractivity contribution is 7.22. The summed E-state index contributed by atoms with van der Waals surface area (Å²) in [5, 5.41) is 12.3. The Kier molecular flexibility index (Phi) is 6.59. The second-order valence-corrected chi connectivity index (χ2v) is 11.4. The summed E-state index contributed by atoms with van der Waals surface area (Å²) in [6.07, 6.45) is 0.881. The number of rotatable bonds is 7. The van der Waals surface area contributed by atoms with Gasteiger partial charge in [0.25, 0.3) is 5.91 Å². The minimum absolute atomic E-state index is 0.0335. The Hall–Kier alpha value is -3.56. The molecule has 2 aromatic heterocycles. The number of ether oxygens (including phenoxy) is 1. The number of amides is 1. The molecule has 0 saturated heterocycles. The number of benzene rings is 2. The van der Waals surface area contributed by atoms with Crippen molar-refractivity contribution >= 4 is 49.7 Å². The van der Waals surface area contributed by atoms with Gasteiger partial charge in [-0.15, -0.1) is 11.3 Å². The van der Waals surface area contributed by atoms with Gasteiger partial charge in [0.2, 0.25) is 5.78 Å². The maximum Gasteiger partial charge on any atom is 0.296 e. The van der Waals surface area contributed by atoms with Crippen LogP contribution in [0.1, 0.15) is 56.4 Å². The smallest absolute Gasteiger partial charge is 0.296 e. The van der Waals surface area contributed by atoms with Crippen molar-refractivity contribution < 1.29 is 19.4 Å². The van der Waals surface area contributed by atoms with Crippen LogP contribution >= 0.6 is 22.7 Å². The van der Waals surface area contributed by atoms with Crippen molar-refractivity contribution in [3.63, 3.8) is 0 Å². The van der Waals surface area contributed by atoms with E-state index in [-0.39, 0.29) is 5.57 Å². The highest BCUT2D eigenvalue weighted by Crippen LogP contribution is 2.45. The van der Waals surface area contributed by atoms with E-state index >= 15 is 0 Å². The molecule has 0 bridgehead atoms. The van der Waals surface area contributed by atoms with Gasteiger partial charge < -0.3 is 9.84 Å². The molecule has 0 aliphatic carbocycles. The number of aliphatic hydroxyl groups excluding tert-OH is 1. The summed E-state index contributed by atoms with van der Waals surface area (Å²) in [6.45, 7) is 10.2. The lowest BCUT2D eigenvalue weighted by molar-refractivity contribution is -0.117. The van der Waals surface area contributed by atoms with E-state index in [4.69, 9.17) is 9.72 Å². The zero-order valence-electron chi connectivity index (χ0n) is 21.3. The number of anilines is 1. The summed E-state index contributed by atoms with van der Waals surface area (Å²) in [4.78, 5) is 38.4. The van der Waals surface area contributed by atoms with Crippen LogP contribution in [0.4, 0.5) is 5.13 Å². The predicted octanol–water partition coefficient (Wildman–Crippen LogP) is 6.56. The topological polar surface area (TPSA) is 92.6 Å². The van der Waals surface area contributed by atoms with Crippen molar-refractivity contribution in [2.24, 2.45) is 0 Å². The van der Waals surface area contributed by atoms with Crippen LogP contribution in [0, 0.1) is 27.7 Å². The van der Waals surface area contributed by atoms with E-state index in [1.165, 1.54) is 27.6 Å². The van der Waals surface area contributed by atoms with Crippen LogP contribution in [-0.4, -0.2) is 33.4 Å². The minimum Gasteiger partial charge on any atom is -0.503 e. The fourth-order valence-corrected chi connectivity index (χ4v) is 6.68. The fourth-order valence-electron chi connectivity index (χ4n) is 4.64. The first-order chi connectivity index (χ1) is 17.7. The molecule has 9 heteroatoms. The zero-order chi connectivity index (χ0) is 26.4. The minimum atomic E-state index is -0.844. The van der Waals surface area contributed by atoms with E-state index in [1.807, 2.05) is 64.1 Å². The van der Waals surface area contributed by atoms with Crippen LogP contribution in [0.15, 0.2) is 47.7 Å². The van der Waals surface area contributed by atoms with Gasteiger partial charge >= 0.3 is 0 Å². The van der Waals surface area contributed by atoms with Gasteiger partial charge in [-0.2, -0.15) is 0 Å². The first-order valence-corrected chi connectivity index (χ1v) is 13.7. The molecule has 1 atom stereocenters. The highest BCUT2D eigenvalue weighted by Gasteiger charge is 2.46. The number of nitrogens with zero attached hydrogens (tertiary/aromatic N) is 3. The molecule has 190 valence electrons. The number of aryl methyl sites for hydroxylation is 4. The van der Waals surface area contributed by atoms with Crippen molar-refractivity contribution in [1.29, 1.82) is 0 Å². The molecule has 1 unspecified atom stereocenters. The van der Waals surface area contributed by atoms with Crippen LogP contribution < -0.4 is 9.64 Å². The third kappa shape index (κ3) is 4.42. The quantitative estimate of drug-likeness (QED) is 0.271. The third-order valence-electron chi connectivity index (χ3n) is 6.26. The predicted molar refractivity (Wildman–Crippen MR) is 147 cm³/mol. The van der Waals surface area contributed by atoms with Crippen LogP contribution in [0.2, 0.25) is 0 Å². The molecule has 3 heterocycles. The number of fused-ring (bicyclic) bond motifs is 1. The summed E-state index contributed by atoms with van der Waals surface area (Å²) in [6, 6.07) is 10.5. The van der Waals surface area contributed by atoms with Crippen LogP contribution in [-0.2, 0) is 4.79 Å². The third-order valence-corrected chi connectivity index (χ3v) is 8.33. The van der Waals surface area contributed by atoms with Crippen LogP contribution in [0.5, 0.6) is 5.75 Å². The van der Waals surface area contributed by atoms with Crippen molar-refractivity contribution in [1.82, 2.24) is 9.97 Å². The van der Waals surface area contributed by atoms with Crippen LogP contribution in [0.25, 0.3) is 10.2 Å². The maximum atomic E-state index is 13.8. The summed E-state index contributed by atoms with van der Waals surface area (Å²) in [5.74, 6) is -0.908. The van der Waals surface area contributed by atoms with E-state index < -0.39 is 23.5 Å². The number of hydrogen-bond acceptors (Lipinski definition) is 8. The molecular weight excluding hydrogens is 506 g/mol. The van der Waals surface area contributed by atoms with E-state index in [1.54, 1.807) is 6.92 Å². The fraction of sp³-hybridized carbons (Fsp3) is 0.286. The molecule has 1 N–H and O–H groups in total. The number of ketones is 1. The molecule has 5 rings (SSSR count). The van der Waals surface area contributed by atoms with Gasteiger partial charge in [0.05, 0.1) is 44.0 Å². The number of aliphatic hydroxyl groups is 1. The number of Topliss-reactive ketones (excluding diaryl/α,β-unsaturated/α-hetero) is 1. The normalized spacial score (nSPS) is 15.8. The lowest BCUT2D eigenvalue weighted by Gasteiger charge is -2.24. The summed E-state index contributed by atoms with van der Waals surface area (Å²) in [7, 11) is 0. The SMILES string of the molecule is CCCOc1ccc(C2C(C(=O)c3sc(C)nc3C)=C(O)C(=O)N2c2nc3c(C)cc(C)cc3s2)cc1. The van der Waals surface area contributed by atoms with Gasteiger partial charge in [-0.25, -0.2) is 9.97 Å². The Balaban J connectivity index is 1.65. The number of carbonyl (C=O) groups is 2. The van der Waals surface area contributed by atoms with Gasteiger partial charge in [-0.05, 0) is 69.0 Å². The molecule has 0 radical (unpaired) electrons. The van der Waals surface area contributed by atoms with Gasteiger partial charge in [-0.3, -0.25) is 14.5 Å². The summed E-state index contributed by atoms with van der Waals surface area (Å²) in [5.41, 5.74) is 4.18. The van der Waals surface area contributed by atoms with E-state index in [9.17, 15) is 14.7 Å². The average molecular weight is 534 g/mol. The monoisotopic (exact) mass is 533 g/mol. The van der Waals surface area contributed by atoms with Crippen molar-refractivity contribution in [2.75, 3.05) is 11.5 Å². The summed E-state index contributed by atoms with van der Waals surface area (Å²) >= 11 is 2.63. The number of hydrogen-bond donors (Lipinski definition) is 1. The molecule has 4 aromatic rings. The van der Waals surface area contributed by atoms with Crippen molar-refractivity contribution in [3.05, 3.63) is 80.0 Å². The second-order valence-electron chi connectivity index (χ2n) is 9.16. The Labute approximate surface area is 223 Å². The van der Waals surface area contributed by atoms with Gasteiger partial charge in [0.1, 0.15) is 5.75 Å². The summed E-state index contributed by atoms with van der Waals surface area (Å²) < 4.78 is 6.67. The molecule has 1 aliphatic rings. The first kappa shape index (κ1) is 25.1. The van der Waals surface area contributed by atoms with Crippen molar-refractivity contribution in [2.45, 2.75) is 47.1 Å². The lowest BCUT2D eigenvalue weighted by atomic mass is 9.95. The molecule has 1 amide bonds. The van der Waals surface area contributed by atoms with Gasteiger partial charge in [-0.1, -0.05) is 36.5 Å². The molecule has 0 fully saturated rings.